The summed E-state index contributed by atoms with van der Waals surface area (Å²) in [7, 11) is 0. The van der Waals surface area contributed by atoms with E-state index in [0.29, 0.717) is 0 Å². The summed E-state index contributed by atoms with van der Waals surface area (Å²) in [6.45, 7) is 2.90. The summed E-state index contributed by atoms with van der Waals surface area (Å²) in [5.74, 6) is 0.906. The molecule has 0 saturated heterocycles. The predicted octanol–water partition coefficient (Wildman–Crippen LogP) is 1.98. The van der Waals surface area contributed by atoms with Crippen molar-refractivity contribution in [3.8, 4) is 0 Å². The van der Waals surface area contributed by atoms with Crippen LogP contribution in [0, 0.1) is 6.92 Å². The lowest BCUT2D eigenvalue weighted by atomic mass is 10.4. The van der Waals surface area contributed by atoms with Crippen LogP contribution >= 0.6 is 15.9 Å². The molecule has 1 N–H and O–H groups in total. The molecule has 0 aliphatic heterocycles. The topological polar surface area (TPSA) is 37.8 Å². The average Bonchev–Trinajstić information content (AvgIpc) is 2.05. The molecule has 1 aromatic rings. The molecule has 0 aliphatic rings. The summed E-state index contributed by atoms with van der Waals surface area (Å²) >= 11 is 3.36. The number of hydrogen-bond acceptors (Lipinski definition) is 3. The molecule has 4 heteroatoms. The van der Waals surface area contributed by atoms with Crippen molar-refractivity contribution in [1.29, 1.82) is 0 Å². The Morgan fingerprint density at radius 1 is 1.50 bits per heavy atom. The highest BCUT2D eigenvalue weighted by atomic mass is 79.9. The fourth-order valence-corrected chi connectivity index (χ4v) is 1.11. The normalized spacial score (nSPS) is 9.83. The highest BCUT2D eigenvalue weighted by Gasteiger charge is 1.92. The molecule has 3 nitrogen and oxygen atoms in total. The van der Waals surface area contributed by atoms with Gasteiger partial charge in [0, 0.05) is 23.6 Å². The van der Waals surface area contributed by atoms with E-state index in [1.54, 1.807) is 6.33 Å². The number of anilines is 1. The number of aryl methyl sites for hydroxylation is 1. The molecule has 0 aromatic carbocycles. The molecule has 1 aromatic heterocycles. The smallest absolute Gasteiger partial charge is 0.129 e. The summed E-state index contributed by atoms with van der Waals surface area (Å²) in [4.78, 5) is 8.08. The van der Waals surface area contributed by atoms with Crippen molar-refractivity contribution in [3.63, 3.8) is 0 Å². The largest absolute Gasteiger partial charge is 0.370 e. The maximum atomic E-state index is 4.07. The lowest BCUT2D eigenvalue weighted by molar-refractivity contribution is 0.976. The molecule has 0 fully saturated rings. The van der Waals surface area contributed by atoms with Crippen molar-refractivity contribution in [1.82, 2.24) is 9.97 Å². The van der Waals surface area contributed by atoms with Crippen molar-refractivity contribution in [2.45, 2.75) is 13.3 Å². The molecule has 0 radical (unpaired) electrons. The Morgan fingerprint density at radius 3 is 3.00 bits per heavy atom. The maximum absolute atomic E-state index is 4.07. The standard InChI is InChI=1S/C8H12BrN3/c1-7-5-8(12-6-11-7)10-4-2-3-9/h5-6H,2-4H2,1H3,(H,10,11,12). The molecule has 1 rings (SSSR count). The van der Waals surface area contributed by atoms with E-state index in [0.717, 1.165) is 29.8 Å². The number of nitrogens with one attached hydrogen (secondary N) is 1. The van der Waals surface area contributed by atoms with Crippen LogP contribution in [-0.4, -0.2) is 21.8 Å². The van der Waals surface area contributed by atoms with Gasteiger partial charge in [0.2, 0.25) is 0 Å². The van der Waals surface area contributed by atoms with Crippen LogP contribution in [0.1, 0.15) is 12.1 Å². The van der Waals surface area contributed by atoms with E-state index >= 15 is 0 Å². The van der Waals surface area contributed by atoms with Gasteiger partial charge in [0.15, 0.2) is 0 Å². The molecular weight excluding hydrogens is 218 g/mol. The van der Waals surface area contributed by atoms with Crippen molar-refractivity contribution in [2.24, 2.45) is 0 Å². The van der Waals surface area contributed by atoms with Gasteiger partial charge in [-0.3, -0.25) is 0 Å². The Hall–Kier alpha value is -0.640. The fourth-order valence-electron chi connectivity index (χ4n) is 0.834. The first-order valence-corrected chi connectivity index (χ1v) is 5.03. The van der Waals surface area contributed by atoms with Gasteiger partial charge in [0.05, 0.1) is 0 Å². The molecule has 0 amide bonds. The molecule has 12 heavy (non-hydrogen) atoms. The summed E-state index contributed by atoms with van der Waals surface area (Å²) in [6, 6.07) is 1.94. The van der Waals surface area contributed by atoms with E-state index in [1.807, 2.05) is 13.0 Å². The van der Waals surface area contributed by atoms with Gasteiger partial charge in [-0.1, -0.05) is 15.9 Å². The van der Waals surface area contributed by atoms with E-state index < -0.39 is 0 Å². The Bertz CT molecular complexity index is 239. The van der Waals surface area contributed by atoms with Crippen LogP contribution < -0.4 is 5.32 Å². The zero-order valence-corrected chi connectivity index (χ0v) is 8.63. The van der Waals surface area contributed by atoms with Crippen LogP contribution in [0.5, 0.6) is 0 Å². The molecule has 1 heterocycles. The molecule has 66 valence electrons. The Morgan fingerprint density at radius 2 is 2.33 bits per heavy atom. The quantitative estimate of drug-likeness (QED) is 0.634. The summed E-state index contributed by atoms with van der Waals surface area (Å²) < 4.78 is 0. The van der Waals surface area contributed by atoms with Crippen LogP contribution in [0.4, 0.5) is 5.82 Å². The molecular formula is C8H12BrN3. The van der Waals surface area contributed by atoms with Gasteiger partial charge in [0.25, 0.3) is 0 Å². The van der Waals surface area contributed by atoms with E-state index in [-0.39, 0.29) is 0 Å². The second kappa shape index (κ2) is 5.09. The third kappa shape index (κ3) is 3.17. The summed E-state index contributed by atoms with van der Waals surface area (Å²) in [5.41, 5.74) is 0.992. The first kappa shape index (κ1) is 9.45. The van der Waals surface area contributed by atoms with Crippen molar-refractivity contribution in [3.05, 3.63) is 18.1 Å². The van der Waals surface area contributed by atoms with Crippen LogP contribution in [0.3, 0.4) is 0 Å². The van der Waals surface area contributed by atoms with Crippen molar-refractivity contribution >= 4 is 21.7 Å². The van der Waals surface area contributed by atoms with E-state index in [4.69, 9.17) is 0 Å². The average molecular weight is 230 g/mol. The summed E-state index contributed by atoms with van der Waals surface area (Å²) in [5, 5.41) is 4.22. The molecule has 0 spiro atoms. The number of rotatable bonds is 4. The Balaban J connectivity index is 2.41. The molecule has 0 saturated carbocycles. The second-order valence-corrected chi connectivity index (χ2v) is 3.31. The SMILES string of the molecule is Cc1cc(NCCCBr)ncn1. The minimum Gasteiger partial charge on any atom is -0.370 e. The number of alkyl halides is 1. The highest BCUT2D eigenvalue weighted by molar-refractivity contribution is 9.09. The van der Waals surface area contributed by atoms with Crippen molar-refractivity contribution in [2.75, 3.05) is 17.2 Å². The van der Waals surface area contributed by atoms with Gasteiger partial charge < -0.3 is 5.32 Å². The third-order valence-electron chi connectivity index (χ3n) is 1.42. The third-order valence-corrected chi connectivity index (χ3v) is 1.98. The second-order valence-electron chi connectivity index (χ2n) is 2.51. The summed E-state index contributed by atoms with van der Waals surface area (Å²) in [6.07, 6.45) is 2.68. The Kier molecular flexibility index (Phi) is 4.00. The van der Waals surface area contributed by atoms with Crippen LogP contribution in [0.2, 0.25) is 0 Å². The van der Waals surface area contributed by atoms with Crippen molar-refractivity contribution < 1.29 is 0 Å². The Labute approximate surface area is 80.7 Å². The van der Waals surface area contributed by atoms with Gasteiger partial charge in [0.1, 0.15) is 12.1 Å². The lowest BCUT2D eigenvalue weighted by Gasteiger charge is -2.03. The number of hydrogen-bond donors (Lipinski definition) is 1. The molecule has 0 unspecified atom stereocenters. The lowest BCUT2D eigenvalue weighted by Crippen LogP contribution is -2.04. The minimum absolute atomic E-state index is 0.906. The van der Waals surface area contributed by atoms with Crippen LogP contribution in [0.15, 0.2) is 12.4 Å². The zero-order valence-electron chi connectivity index (χ0n) is 7.05. The first-order chi connectivity index (χ1) is 5.83. The van der Waals surface area contributed by atoms with E-state index in [2.05, 4.69) is 31.2 Å². The van der Waals surface area contributed by atoms with Crippen LogP contribution in [0.25, 0.3) is 0 Å². The van der Waals surface area contributed by atoms with Gasteiger partial charge in [-0.05, 0) is 13.3 Å². The molecule has 0 atom stereocenters. The van der Waals surface area contributed by atoms with E-state index in [9.17, 15) is 0 Å². The molecule has 0 bridgehead atoms. The number of aromatic nitrogens is 2. The number of nitrogens with zero attached hydrogens (tertiary/aromatic N) is 2. The zero-order chi connectivity index (χ0) is 8.81. The van der Waals surface area contributed by atoms with Gasteiger partial charge in [-0.25, -0.2) is 9.97 Å². The monoisotopic (exact) mass is 229 g/mol. The molecule has 0 aliphatic carbocycles. The fraction of sp³-hybridized carbons (Fsp3) is 0.500. The first-order valence-electron chi connectivity index (χ1n) is 3.91. The maximum Gasteiger partial charge on any atom is 0.129 e. The van der Waals surface area contributed by atoms with Crippen LogP contribution in [-0.2, 0) is 0 Å². The van der Waals surface area contributed by atoms with E-state index in [1.165, 1.54) is 0 Å². The number of halogens is 1. The highest BCUT2D eigenvalue weighted by Crippen LogP contribution is 2.02. The predicted molar refractivity (Wildman–Crippen MR) is 53.7 cm³/mol. The van der Waals surface area contributed by atoms with Gasteiger partial charge in [-0.2, -0.15) is 0 Å². The van der Waals surface area contributed by atoms with Gasteiger partial charge >= 0.3 is 0 Å². The van der Waals surface area contributed by atoms with Gasteiger partial charge in [-0.15, -0.1) is 0 Å². The minimum atomic E-state index is 0.906.